The Morgan fingerprint density at radius 2 is 1.04 bits per heavy atom. The van der Waals surface area contributed by atoms with Crippen LogP contribution in [-0.2, 0) is 90.5 Å². The molecule has 19 heteroatoms. The van der Waals surface area contributed by atoms with Crippen LogP contribution in [0.25, 0.3) is 0 Å². The molecule has 0 aliphatic carbocycles. The second kappa shape index (κ2) is 19.1. The maximum atomic E-state index is 12.2. The zero-order valence-corrected chi connectivity index (χ0v) is 26.9. The Labute approximate surface area is 268 Å². The van der Waals surface area contributed by atoms with Gasteiger partial charge in [-0.2, -0.15) is 0 Å². The fourth-order valence-electron chi connectivity index (χ4n) is 4.34. The molecule has 264 valence electrons. The van der Waals surface area contributed by atoms with Gasteiger partial charge in [0.15, 0.2) is 55.3 Å². The van der Waals surface area contributed by atoms with Gasteiger partial charge in [0, 0.05) is 55.4 Å². The average molecular weight is 679 g/mol. The third-order valence-electron chi connectivity index (χ3n) is 5.74. The van der Waals surface area contributed by atoms with Crippen LogP contribution >= 0.6 is 0 Å². The van der Waals surface area contributed by atoms with Crippen molar-refractivity contribution >= 4 is 54.0 Å². The summed E-state index contributed by atoms with van der Waals surface area (Å²) in [4.78, 5) is 108. The molecule has 0 unspecified atom stereocenters. The number of esters is 8. The van der Waals surface area contributed by atoms with Crippen molar-refractivity contribution in [2.45, 2.75) is 111 Å². The molecule has 1 aliphatic heterocycles. The molecule has 0 aromatic heterocycles. The monoisotopic (exact) mass is 678 g/mol. The molecule has 1 fully saturated rings. The van der Waals surface area contributed by atoms with Gasteiger partial charge < -0.3 is 47.4 Å². The van der Waals surface area contributed by atoms with Gasteiger partial charge in [0.1, 0.15) is 12.7 Å². The van der Waals surface area contributed by atoms with Gasteiger partial charge in [-0.15, -0.1) is 0 Å². The molecule has 1 saturated heterocycles. The summed E-state index contributed by atoms with van der Waals surface area (Å²) < 4.78 is 53.2. The van der Waals surface area contributed by atoms with E-state index in [4.69, 9.17) is 47.4 Å². The van der Waals surface area contributed by atoms with Crippen LogP contribution in [-0.4, -0.2) is 122 Å². The van der Waals surface area contributed by atoms with E-state index in [-0.39, 0.29) is 6.29 Å². The van der Waals surface area contributed by atoms with Crippen molar-refractivity contribution < 1.29 is 90.5 Å². The van der Waals surface area contributed by atoms with Crippen molar-refractivity contribution in [3.8, 4) is 0 Å². The van der Waals surface area contributed by atoms with Crippen LogP contribution < -0.4 is 0 Å². The molecule has 0 N–H and O–H groups in total. The average Bonchev–Trinajstić information content (AvgIpc) is 2.92. The smallest absolute Gasteiger partial charge is 0.303 e. The summed E-state index contributed by atoms with van der Waals surface area (Å²) in [6.07, 6.45) is -15.3. The summed E-state index contributed by atoms with van der Waals surface area (Å²) in [7, 11) is 0. The Bertz CT molecular complexity index is 1180. The predicted molar refractivity (Wildman–Crippen MR) is 146 cm³/mol. The van der Waals surface area contributed by atoms with Gasteiger partial charge >= 0.3 is 47.8 Å². The second-order valence-corrected chi connectivity index (χ2v) is 9.91. The Morgan fingerprint density at radius 3 is 1.49 bits per heavy atom. The van der Waals surface area contributed by atoms with Gasteiger partial charge in [0.25, 0.3) is 0 Å². The van der Waals surface area contributed by atoms with Gasteiger partial charge in [-0.3, -0.25) is 43.2 Å². The molecule has 0 aromatic carbocycles. The van der Waals surface area contributed by atoms with Crippen molar-refractivity contribution in [1.82, 2.24) is 0 Å². The fraction of sp³-hybridized carbons (Fsp3) is 0.679. The Balaban J connectivity index is 3.70. The van der Waals surface area contributed by atoms with E-state index in [1.54, 1.807) is 0 Å². The highest BCUT2D eigenvalue weighted by molar-refractivity contribution is 5.72. The van der Waals surface area contributed by atoms with E-state index in [9.17, 15) is 43.2 Å². The first-order chi connectivity index (χ1) is 21.9. The molecule has 9 atom stereocenters. The zero-order valence-electron chi connectivity index (χ0n) is 26.9. The van der Waals surface area contributed by atoms with Crippen molar-refractivity contribution in [2.24, 2.45) is 0 Å². The van der Waals surface area contributed by atoms with Crippen molar-refractivity contribution in [1.29, 1.82) is 0 Å². The van der Waals surface area contributed by atoms with E-state index in [0.717, 1.165) is 55.4 Å². The molecule has 1 heterocycles. The highest BCUT2D eigenvalue weighted by atomic mass is 16.7. The summed E-state index contributed by atoms with van der Waals surface area (Å²) in [5.41, 5.74) is 0. The second-order valence-electron chi connectivity index (χ2n) is 9.91. The van der Waals surface area contributed by atoms with E-state index in [1.165, 1.54) is 0 Å². The van der Waals surface area contributed by atoms with Gasteiger partial charge in [0.2, 0.25) is 0 Å². The van der Waals surface area contributed by atoms with Gasteiger partial charge in [-0.05, 0) is 0 Å². The van der Waals surface area contributed by atoms with E-state index in [2.05, 4.69) is 0 Å². The van der Waals surface area contributed by atoms with E-state index in [1.807, 2.05) is 0 Å². The Hall–Kier alpha value is -4.65. The highest BCUT2D eigenvalue weighted by Gasteiger charge is 2.53. The third-order valence-corrected chi connectivity index (χ3v) is 5.74. The number of aldehydes is 1. The number of carbonyl (C=O) groups excluding carboxylic acids is 9. The fourth-order valence-corrected chi connectivity index (χ4v) is 4.34. The van der Waals surface area contributed by atoms with Gasteiger partial charge in [0.05, 0.1) is 6.61 Å². The maximum Gasteiger partial charge on any atom is 0.303 e. The Morgan fingerprint density at radius 1 is 0.574 bits per heavy atom. The molecular formula is C28H38O19. The molecule has 19 nitrogen and oxygen atoms in total. The van der Waals surface area contributed by atoms with Crippen LogP contribution in [0.2, 0.25) is 0 Å². The predicted octanol–water partition coefficient (Wildman–Crippen LogP) is -0.988. The summed E-state index contributed by atoms with van der Waals surface area (Å²) in [5, 5.41) is 0. The molecule has 1 rings (SSSR count). The topological polar surface area (TPSA) is 246 Å². The number of hydrogen-bond acceptors (Lipinski definition) is 19. The van der Waals surface area contributed by atoms with Crippen LogP contribution in [0.15, 0.2) is 0 Å². The number of hydrogen-bond donors (Lipinski definition) is 0. The SMILES string of the molecule is CC(=O)OC[C@H]1O[C@H](OC[C@@H](OC(C)=O)[C@@H](OC(C)=O)[C@H](OC(C)=O)[C@H](C=O)OC(C)=O)[C@H](OC(C)=O)[C@@H](OC(C)=O)[C@H]1OC(C)=O. The van der Waals surface area contributed by atoms with Crippen LogP contribution in [0.3, 0.4) is 0 Å². The lowest BCUT2D eigenvalue weighted by Crippen LogP contribution is -2.63. The minimum absolute atomic E-state index is 0.0800. The summed E-state index contributed by atoms with van der Waals surface area (Å²) in [6, 6.07) is 0. The van der Waals surface area contributed by atoms with Crippen LogP contribution in [0, 0.1) is 0 Å². The summed E-state index contributed by atoms with van der Waals surface area (Å²) in [5.74, 6) is -7.53. The lowest BCUT2D eigenvalue weighted by Gasteiger charge is -2.44. The number of carbonyl (C=O) groups is 9. The first-order valence-corrected chi connectivity index (χ1v) is 13.9. The van der Waals surface area contributed by atoms with Crippen LogP contribution in [0.4, 0.5) is 0 Å². The molecule has 0 radical (unpaired) electrons. The van der Waals surface area contributed by atoms with E-state index >= 15 is 0 Å². The van der Waals surface area contributed by atoms with Crippen molar-refractivity contribution in [2.75, 3.05) is 13.2 Å². The van der Waals surface area contributed by atoms with Gasteiger partial charge in [-0.25, -0.2) is 0 Å². The van der Waals surface area contributed by atoms with E-state index < -0.39 is 116 Å². The maximum absolute atomic E-state index is 12.2. The minimum Gasteiger partial charge on any atom is -0.463 e. The van der Waals surface area contributed by atoms with Crippen molar-refractivity contribution in [3.05, 3.63) is 0 Å². The number of ether oxygens (including phenoxy) is 10. The molecule has 47 heavy (non-hydrogen) atoms. The van der Waals surface area contributed by atoms with Crippen LogP contribution in [0.1, 0.15) is 55.4 Å². The minimum atomic E-state index is -1.89. The third kappa shape index (κ3) is 14.1. The normalized spacial score (nSPS) is 22.9. The van der Waals surface area contributed by atoms with Gasteiger partial charge in [-0.1, -0.05) is 0 Å². The molecule has 0 saturated carbocycles. The molecule has 0 bridgehead atoms. The van der Waals surface area contributed by atoms with Crippen molar-refractivity contribution in [3.63, 3.8) is 0 Å². The molecular weight excluding hydrogens is 640 g/mol. The first-order valence-electron chi connectivity index (χ1n) is 13.9. The number of rotatable bonds is 16. The Kier molecular flexibility index (Phi) is 16.4. The summed E-state index contributed by atoms with van der Waals surface area (Å²) in [6.45, 7) is 6.42. The van der Waals surface area contributed by atoms with E-state index in [0.29, 0.717) is 0 Å². The first kappa shape index (κ1) is 40.4. The molecule has 0 amide bonds. The lowest BCUT2D eigenvalue weighted by atomic mass is 9.98. The highest BCUT2D eigenvalue weighted by Crippen LogP contribution is 2.31. The zero-order chi connectivity index (χ0) is 36.0. The quantitative estimate of drug-likeness (QED) is 0.108. The summed E-state index contributed by atoms with van der Waals surface area (Å²) >= 11 is 0. The molecule has 0 spiro atoms. The lowest BCUT2D eigenvalue weighted by molar-refractivity contribution is -0.313. The largest absolute Gasteiger partial charge is 0.463 e. The van der Waals surface area contributed by atoms with Crippen LogP contribution in [0.5, 0.6) is 0 Å². The molecule has 1 aliphatic rings. The molecule has 0 aromatic rings. The standard InChI is InChI=1S/C28H38O19/c1-12(30)38-10-22-25(44-17(6)35)26(45-18(7)36)27(46-19(8)37)28(47-22)39-11-21(41-14(3)32)24(43-16(5)34)23(42-15(4)33)20(9-29)40-13(2)31/h9,20-28H,10-11H2,1-8H3/t20-,21+,22+,23+,24+,25-,26-,27+,28-/m0/s1.